The molecule has 0 radical (unpaired) electrons. The predicted molar refractivity (Wildman–Crippen MR) is 150 cm³/mol. The quantitative estimate of drug-likeness (QED) is 0.0733. The number of ether oxygens (including phenoxy) is 1. The first kappa shape index (κ1) is 32.7. The second-order valence-corrected chi connectivity index (χ2v) is 10.4. The van der Waals surface area contributed by atoms with Crippen molar-refractivity contribution in [3.63, 3.8) is 0 Å². The van der Waals surface area contributed by atoms with Gasteiger partial charge in [-0.15, -0.1) is 0 Å². The highest BCUT2D eigenvalue weighted by Gasteiger charge is 2.08. The van der Waals surface area contributed by atoms with Crippen molar-refractivity contribution in [1.82, 2.24) is 0 Å². The van der Waals surface area contributed by atoms with Crippen molar-refractivity contribution in [2.75, 3.05) is 0 Å². The van der Waals surface area contributed by atoms with E-state index in [-0.39, 0.29) is 5.97 Å². The van der Waals surface area contributed by atoms with Crippen molar-refractivity contribution in [1.29, 1.82) is 0 Å². The molecule has 0 fully saturated rings. The maximum atomic E-state index is 12.0. The van der Waals surface area contributed by atoms with E-state index in [0.717, 1.165) is 38.5 Å². The SMILES string of the molecule is CCCCCCCCCCCCCCCC(=O)OC(N)C=C(C)CCC=C(C)CCC=C(C)C. The molecule has 3 nitrogen and oxygen atoms in total. The van der Waals surface area contributed by atoms with Crippen LogP contribution >= 0.6 is 0 Å². The lowest BCUT2D eigenvalue weighted by atomic mass is 10.0. The van der Waals surface area contributed by atoms with E-state index in [0.29, 0.717) is 6.42 Å². The van der Waals surface area contributed by atoms with Gasteiger partial charge in [0, 0.05) is 6.42 Å². The Bertz CT molecular complexity index is 584. The first-order chi connectivity index (χ1) is 16.3. The zero-order valence-corrected chi connectivity index (χ0v) is 23.4. The van der Waals surface area contributed by atoms with Crippen LogP contribution in [0.15, 0.2) is 34.9 Å². The molecule has 0 aliphatic carbocycles. The highest BCUT2D eigenvalue weighted by atomic mass is 16.6. The van der Waals surface area contributed by atoms with Gasteiger partial charge in [-0.3, -0.25) is 10.5 Å². The molecule has 0 aliphatic rings. The van der Waals surface area contributed by atoms with Crippen LogP contribution in [-0.4, -0.2) is 12.2 Å². The van der Waals surface area contributed by atoms with E-state index in [4.69, 9.17) is 10.5 Å². The summed E-state index contributed by atoms with van der Waals surface area (Å²) in [4.78, 5) is 12.0. The molecule has 0 rings (SSSR count). The number of nitrogens with two attached hydrogens (primary N) is 1. The number of esters is 1. The molecule has 0 heterocycles. The van der Waals surface area contributed by atoms with Crippen LogP contribution < -0.4 is 5.73 Å². The number of rotatable bonds is 22. The van der Waals surface area contributed by atoms with Crippen LogP contribution in [0.25, 0.3) is 0 Å². The molecule has 3 heteroatoms. The molecule has 1 unspecified atom stereocenters. The fourth-order valence-corrected chi connectivity index (χ4v) is 4.13. The molecule has 1 atom stereocenters. The van der Waals surface area contributed by atoms with Crippen LogP contribution in [0.1, 0.15) is 150 Å². The van der Waals surface area contributed by atoms with Crippen molar-refractivity contribution in [3.05, 3.63) is 34.9 Å². The molecule has 198 valence electrons. The van der Waals surface area contributed by atoms with Crippen LogP contribution in [0, 0.1) is 0 Å². The number of hydrogen-bond donors (Lipinski definition) is 1. The largest absolute Gasteiger partial charge is 0.443 e. The second kappa shape index (κ2) is 23.4. The van der Waals surface area contributed by atoms with E-state index in [1.807, 2.05) is 6.08 Å². The maximum absolute atomic E-state index is 12.0. The number of unbranched alkanes of at least 4 members (excludes halogenated alkanes) is 12. The van der Waals surface area contributed by atoms with Crippen molar-refractivity contribution in [3.8, 4) is 0 Å². The second-order valence-electron chi connectivity index (χ2n) is 10.4. The normalized spacial score (nSPS) is 13.1. The Labute approximate surface area is 212 Å². The van der Waals surface area contributed by atoms with Crippen LogP contribution in [0.2, 0.25) is 0 Å². The summed E-state index contributed by atoms with van der Waals surface area (Å²) in [5.74, 6) is -0.172. The molecule has 0 saturated heterocycles. The number of allylic oxidation sites excluding steroid dienone is 5. The standard InChI is InChI=1S/C31H57NO2/c1-6-7-8-9-10-11-12-13-14-15-16-17-18-25-31(33)34-30(32)26-29(5)24-20-23-28(4)22-19-21-27(2)3/h21,23,26,30H,6-20,22,24-25,32H2,1-5H3. The van der Waals surface area contributed by atoms with Crippen molar-refractivity contribution < 1.29 is 9.53 Å². The molecule has 0 bridgehead atoms. The van der Waals surface area contributed by atoms with Crippen LogP contribution in [0.3, 0.4) is 0 Å². The molecular weight excluding hydrogens is 418 g/mol. The van der Waals surface area contributed by atoms with Crippen molar-refractivity contribution >= 4 is 5.97 Å². The van der Waals surface area contributed by atoms with Gasteiger partial charge in [0.25, 0.3) is 0 Å². The molecule has 0 aliphatic heterocycles. The molecule has 0 aromatic rings. The average molecular weight is 476 g/mol. The summed E-state index contributed by atoms with van der Waals surface area (Å²) in [6.45, 7) is 10.8. The van der Waals surface area contributed by atoms with E-state index in [1.54, 1.807) is 0 Å². The minimum Gasteiger partial charge on any atom is -0.443 e. The first-order valence-corrected chi connectivity index (χ1v) is 14.3. The molecular formula is C31H57NO2. The topological polar surface area (TPSA) is 52.3 Å². The fraction of sp³-hybridized carbons (Fsp3) is 0.774. The van der Waals surface area contributed by atoms with Gasteiger partial charge in [0.15, 0.2) is 6.23 Å². The minimum absolute atomic E-state index is 0.172. The van der Waals surface area contributed by atoms with Gasteiger partial charge in [-0.1, -0.05) is 113 Å². The highest BCUT2D eigenvalue weighted by Crippen LogP contribution is 2.14. The Hall–Kier alpha value is -1.35. The highest BCUT2D eigenvalue weighted by molar-refractivity contribution is 5.69. The van der Waals surface area contributed by atoms with Crippen LogP contribution in [0.4, 0.5) is 0 Å². The third-order valence-corrected chi connectivity index (χ3v) is 6.32. The summed E-state index contributed by atoms with van der Waals surface area (Å²) in [7, 11) is 0. The first-order valence-electron chi connectivity index (χ1n) is 14.3. The number of carbonyl (C=O) groups excluding carboxylic acids is 1. The molecule has 0 spiro atoms. The number of hydrogen-bond acceptors (Lipinski definition) is 3. The Morgan fingerprint density at radius 2 is 1.15 bits per heavy atom. The van der Waals surface area contributed by atoms with E-state index in [1.165, 1.54) is 87.3 Å². The summed E-state index contributed by atoms with van der Waals surface area (Å²) in [5.41, 5.74) is 9.99. The molecule has 0 saturated carbocycles. The molecule has 34 heavy (non-hydrogen) atoms. The molecule has 2 N–H and O–H groups in total. The maximum Gasteiger partial charge on any atom is 0.307 e. The van der Waals surface area contributed by atoms with Crippen molar-refractivity contribution in [2.24, 2.45) is 5.73 Å². The third-order valence-electron chi connectivity index (χ3n) is 6.32. The smallest absolute Gasteiger partial charge is 0.307 e. The number of carbonyl (C=O) groups is 1. The Morgan fingerprint density at radius 3 is 1.68 bits per heavy atom. The Balaban J connectivity index is 3.73. The van der Waals surface area contributed by atoms with Crippen LogP contribution in [0.5, 0.6) is 0 Å². The van der Waals surface area contributed by atoms with Crippen LogP contribution in [-0.2, 0) is 9.53 Å². The predicted octanol–water partition coefficient (Wildman–Crippen LogP) is 9.71. The Kier molecular flexibility index (Phi) is 22.5. The van der Waals surface area contributed by atoms with Gasteiger partial charge in [0.2, 0.25) is 0 Å². The van der Waals surface area contributed by atoms with Gasteiger partial charge in [0.05, 0.1) is 0 Å². The molecule has 0 aromatic carbocycles. The van der Waals surface area contributed by atoms with E-state index < -0.39 is 6.23 Å². The van der Waals surface area contributed by atoms with Gasteiger partial charge >= 0.3 is 5.97 Å². The lowest BCUT2D eigenvalue weighted by molar-refractivity contribution is -0.146. The van der Waals surface area contributed by atoms with E-state index in [2.05, 4.69) is 46.8 Å². The summed E-state index contributed by atoms with van der Waals surface area (Å²) in [6, 6.07) is 0. The zero-order chi connectivity index (χ0) is 25.4. The Morgan fingerprint density at radius 1 is 0.676 bits per heavy atom. The lowest BCUT2D eigenvalue weighted by Gasteiger charge is -2.11. The summed E-state index contributed by atoms with van der Waals surface area (Å²) in [6.07, 6.45) is 27.5. The minimum atomic E-state index is -0.628. The molecule has 0 aromatic heterocycles. The van der Waals surface area contributed by atoms with Crippen molar-refractivity contribution in [2.45, 2.75) is 156 Å². The lowest BCUT2D eigenvalue weighted by Crippen LogP contribution is -2.25. The summed E-state index contributed by atoms with van der Waals surface area (Å²) >= 11 is 0. The van der Waals surface area contributed by atoms with Gasteiger partial charge < -0.3 is 4.74 Å². The summed E-state index contributed by atoms with van der Waals surface area (Å²) in [5, 5.41) is 0. The van der Waals surface area contributed by atoms with Gasteiger partial charge in [-0.2, -0.15) is 0 Å². The zero-order valence-electron chi connectivity index (χ0n) is 23.4. The summed E-state index contributed by atoms with van der Waals surface area (Å²) < 4.78 is 5.37. The third kappa shape index (κ3) is 23.8. The fourth-order valence-electron chi connectivity index (χ4n) is 4.13. The van der Waals surface area contributed by atoms with Gasteiger partial charge in [-0.25, -0.2) is 0 Å². The van der Waals surface area contributed by atoms with E-state index in [9.17, 15) is 4.79 Å². The van der Waals surface area contributed by atoms with Gasteiger partial charge in [0.1, 0.15) is 0 Å². The van der Waals surface area contributed by atoms with E-state index >= 15 is 0 Å². The average Bonchev–Trinajstić information content (AvgIpc) is 2.76. The monoisotopic (exact) mass is 475 g/mol. The molecule has 0 amide bonds. The van der Waals surface area contributed by atoms with Gasteiger partial charge in [-0.05, 0) is 65.9 Å².